The number of hydrogen-bond acceptors (Lipinski definition) is 3. The van der Waals surface area contributed by atoms with E-state index in [2.05, 4.69) is 0 Å². The van der Waals surface area contributed by atoms with Gasteiger partial charge < -0.3 is 5.11 Å². The Hall–Kier alpha value is -3.02. The maximum atomic E-state index is 13.7. The molecule has 1 aliphatic rings. The number of rotatable bonds is 4. The monoisotopic (exact) mass is 357 g/mol. The summed E-state index contributed by atoms with van der Waals surface area (Å²) < 4.78 is 27.0. The predicted molar refractivity (Wildman–Crippen MR) is 92.5 cm³/mol. The van der Waals surface area contributed by atoms with Gasteiger partial charge in [0.1, 0.15) is 0 Å². The van der Waals surface area contributed by atoms with Crippen LogP contribution in [0.5, 0.6) is 0 Å². The van der Waals surface area contributed by atoms with Crippen LogP contribution in [-0.2, 0) is 9.59 Å². The predicted octanol–water partition coefficient (Wildman–Crippen LogP) is 4.09. The Morgan fingerprint density at radius 2 is 1.73 bits per heavy atom. The number of hydrogen-bond donors (Lipinski definition) is 1. The summed E-state index contributed by atoms with van der Waals surface area (Å²) in [7, 11) is 0. The Morgan fingerprint density at radius 1 is 1.08 bits per heavy atom. The fourth-order valence-electron chi connectivity index (χ4n) is 3.02. The van der Waals surface area contributed by atoms with Crippen LogP contribution in [-0.4, -0.2) is 16.8 Å². The van der Waals surface area contributed by atoms with Gasteiger partial charge in [-0.3, -0.25) is 14.5 Å². The Morgan fingerprint density at radius 3 is 2.31 bits per heavy atom. The zero-order valence-corrected chi connectivity index (χ0v) is 14.2. The number of ketones is 1. The molecule has 0 saturated heterocycles. The van der Waals surface area contributed by atoms with Crippen molar-refractivity contribution in [1.29, 1.82) is 0 Å². The second kappa shape index (κ2) is 6.71. The van der Waals surface area contributed by atoms with Crippen molar-refractivity contribution in [3.8, 4) is 0 Å². The fourth-order valence-corrected chi connectivity index (χ4v) is 3.02. The Labute approximate surface area is 149 Å². The van der Waals surface area contributed by atoms with E-state index in [1.807, 2.05) is 0 Å². The molecule has 1 heterocycles. The highest BCUT2D eigenvalue weighted by molar-refractivity contribution is 6.16. The van der Waals surface area contributed by atoms with Gasteiger partial charge in [0.2, 0.25) is 0 Å². The zero-order chi connectivity index (χ0) is 19.0. The lowest BCUT2D eigenvalue weighted by molar-refractivity contribution is -0.119. The third-order valence-electron chi connectivity index (χ3n) is 4.29. The molecule has 0 fully saturated rings. The molecule has 0 saturated carbocycles. The van der Waals surface area contributed by atoms with Gasteiger partial charge in [-0.2, -0.15) is 0 Å². The number of carbonyl (C=O) groups is 2. The van der Waals surface area contributed by atoms with Gasteiger partial charge in [0.05, 0.1) is 11.6 Å². The first-order chi connectivity index (χ1) is 12.3. The number of aliphatic hydroxyl groups is 1. The lowest BCUT2D eigenvalue weighted by atomic mass is 9.91. The van der Waals surface area contributed by atoms with Crippen molar-refractivity contribution in [3.63, 3.8) is 0 Å². The van der Waals surface area contributed by atoms with E-state index in [1.165, 1.54) is 6.07 Å². The first kappa shape index (κ1) is 17.8. The Kier molecular flexibility index (Phi) is 4.59. The highest BCUT2D eigenvalue weighted by Crippen LogP contribution is 2.41. The van der Waals surface area contributed by atoms with Gasteiger partial charge >= 0.3 is 0 Å². The van der Waals surface area contributed by atoms with Crippen LogP contribution in [0.4, 0.5) is 14.5 Å². The van der Waals surface area contributed by atoms with Crippen molar-refractivity contribution in [2.75, 3.05) is 4.90 Å². The quantitative estimate of drug-likeness (QED) is 0.897. The topological polar surface area (TPSA) is 57.6 Å². The minimum Gasteiger partial charge on any atom is -0.503 e. The molecule has 3 rings (SSSR count). The van der Waals surface area contributed by atoms with Crippen molar-refractivity contribution in [2.45, 2.75) is 19.9 Å². The number of nitrogens with zero attached hydrogens (tertiary/aromatic N) is 1. The van der Waals surface area contributed by atoms with Gasteiger partial charge in [0.25, 0.3) is 5.91 Å². The summed E-state index contributed by atoms with van der Waals surface area (Å²) >= 11 is 0. The molecular weight excluding hydrogens is 340 g/mol. The van der Waals surface area contributed by atoms with Gasteiger partial charge in [-0.25, -0.2) is 8.78 Å². The molecule has 0 aliphatic carbocycles. The summed E-state index contributed by atoms with van der Waals surface area (Å²) in [6, 6.07) is 10.8. The number of anilines is 1. The first-order valence-corrected chi connectivity index (χ1v) is 8.13. The molecule has 1 unspecified atom stereocenters. The maximum absolute atomic E-state index is 13.7. The molecule has 1 atom stereocenters. The highest BCUT2D eigenvalue weighted by atomic mass is 19.2. The number of aliphatic hydroxyl groups excluding tert-OH is 1. The van der Waals surface area contributed by atoms with Crippen LogP contribution >= 0.6 is 0 Å². The Bertz CT molecular complexity index is 907. The fraction of sp³-hybridized carbons (Fsp3) is 0.200. The molecule has 6 heteroatoms. The van der Waals surface area contributed by atoms with Gasteiger partial charge in [0.15, 0.2) is 23.2 Å². The minimum atomic E-state index is -1.12. The summed E-state index contributed by atoms with van der Waals surface area (Å²) in [5, 5.41) is 10.4. The number of benzene rings is 2. The van der Waals surface area contributed by atoms with E-state index in [0.29, 0.717) is 5.56 Å². The van der Waals surface area contributed by atoms with Crippen molar-refractivity contribution >= 4 is 17.4 Å². The minimum absolute atomic E-state index is 0.0408. The first-order valence-electron chi connectivity index (χ1n) is 8.13. The molecule has 4 nitrogen and oxygen atoms in total. The number of halogens is 2. The maximum Gasteiger partial charge on any atom is 0.294 e. The molecule has 1 aliphatic heterocycles. The standard InChI is InChI=1S/C20H17F2NO3/c1-11(2)18(24)16-17(12-6-4-3-5-7-12)23(20(26)19(16)25)13-8-9-14(21)15(22)10-13/h3-11,17,25H,1-2H3. The van der Waals surface area contributed by atoms with E-state index in [9.17, 15) is 23.5 Å². The summed E-state index contributed by atoms with van der Waals surface area (Å²) in [6.45, 7) is 3.32. The second-order valence-electron chi connectivity index (χ2n) is 6.37. The number of amides is 1. The van der Waals surface area contributed by atoms with Crippen molar-refractivity contribution in [3.05, 3.63) is 77.1 Å². The van der Waals surface area contributed by atoms with Gasteiger partial charge in [-0.05, 0) is 17.7 Å². The SMILES string of the molecule is CC(C)C(=O)C1=C(O)C(=O)N(c2ccc(F)c(F)c2)C1c1ccccc1. The van der Waals surface area contributed by atoms with Crippen molar-refractivity contribution < 1.29 is 23.5 Å². The highest BCUT2D eigenvalue weighted by Gasteiger charge is 2.44. The average Bonchev–Trinajstić information content (AvgIpc) is 2.89. The van der Waals surface area contributed by atoms with Gasteiger partial charge in [-0.15, -0.1) is 0 Å². The largest absolute Gasteiger partial charge is 0.503 e. The molecule has 134 valence electrons. The van der Waals surface area contributed by atoms with Gasteiger partial charge in [0, 0.05) is 17.7 Å². The van der Waals surface area contributed by atoms with Crippen molar-refractivity contribution in [2.24, 2.45) is 5.92 Å². The summed E-state index contributed by atoms with van der Waals surface area (Å²) in [5.74, 6) is -4.49. The van der Waals surface area contributed by atoms with Gasteiger partial charge in [-0.1, -0.05) is 44.2 Å². The van der Waals surface area contributed by atoms with E-state index < -0.39 is 35.3 Å². The molecule has 26 heavy (non-hydrogen) atoms. The van der Waals surface area contributed by atoms with Crippen molar-refractivity contribution in [1.82, 2.24) is 0 Å². The van der Waals surface area contributed by atoms with Crippen LogP contribution in [0.25, 0.3) is 0 Å². The normalized spacial score (nSPS) is 17.3. The molecule has 0 aromatic heterocycles. The number of carbonyl (C=O) groups excluding carboxylic acids is 2. The molecule has 1 amide bonds. The summed E-state index contributed by atoms with van der Waals surface area (Å²) in [5.41, 5.74) is 0.598. The van der Waals surface area contributed by atoms with Crippen LogP contribution in [0, 0.1) is 17.6 Å². The Balaban J connectivity index is 2.19. The van der Waals surface area contributed by atoms with E-state index in [4.69, 9.17) is 0 Å². The van der Waals surface area contributed by atoms with Crippen LogP contribution in [0.1, 0.15) is 25.5 Å². The van der Waals surface area contributed by atoms with Crippen LogP contribution < -0.4 is 4.90 Å². The molecule has 1 N–H and O–H groups in total. The van der Waals surface area contributed by atoms with E-state index in [-0.39, 0.29) is 17.0 Å². The van der Waals surface area contributed by atoms with Crippen LogP contribution in [0.2, 0.25) is 0 Å². The lowest BCUT2D eigenvalue weighted by Crippen LogP contribution is -2.31. The van der Waals surface area contributed by atoms with Crippen LogP contribution in [0.3, 0.4) is 0 Å². The third-order valence-corrected chi connectivity index (χ3v) is 4.29. The summed E-state index contributed by atoms with van der Waals surface area (Å²) in [4.78, 5) is 26.4. The second-order valence-corrected chi connectivity index (χ2v) is 6.37. The average molecular weight is 357 g/mol. The third kappa shape index (κ3) is 2.87. The van der Waals surface area contributed by atoms with Crippen LogP contribution in [0.15, 0.2) is 59.9 Å². The zero-order valence-electron chi connectivity index (χ0n) is 14.2. The number of Topliss-reactive ketones (excluding diaryl/α,β-unsaturated/α-hetero) is 1. The molecule has 0 spiro atoms. The molecule has 2 aromatic rings. The lowest BCUT2D eigenvalue weighted by Gasteiger charge is -2.27. The molecule has 2 aromatic carbocycles. The van der Waals surface area contributed by atoms with E-state index in [0.717, 1.165) is 17.0 Å². The molecular formula is C20H17F2NO3. The molecule has 0 radical (unpaired) electrons. The van der Waals surface area contributed by atoms with E-state index >= 15 is 0 Å². The smallest absolute Gasteiger partial charge is 0.294 e. The summed E-state index contributed by atoms with van der Waals surface area (Å²) in [6.07, 6.45) is 0. The molecule has 0 bridgehead atoms. The van der Waals surface area contributed by atoms with E-state index in [1.54, 1.807) is 44.2 Å².